The normalized spacial score (nSPS) is 36.3. The van der Waals surface area contributed by atoms with Crippen LogP contribution in [0.4, 0.5) is 0 Å². The lowest BCUT2D eigenvalue weighted by molar-refractivity contribution is -0.193. The zero-order valence-electron chi connectivity index (χ0n) is 39.5. The monoisotopic (exact) mass is 849 g/mol. The van der Waals surface area contributed by atoms with E-state index in [1.54, 1.807) is 6.33 Å². The zero-order chi connectivity index (χ0) is 44.7. The fourth-order valence-corrected chi connectivity index (χ4v) is 15.6. The van der Waals surface area contributed by atoms with Gasteiger partial charge in [-0.25, -0.2) is 4.98 Å². The Kier molecular flexibility index (Phi) is 11.7. The number of fused-ring (bicyclic) bond motifs is 7. The second kappa shape index (κ2) is 16.1. The highest BCUT2D eigenvalue weighted by Crippen LogP contribution is 2.74. The molecule has 3 N–H and O–H groups in total. The standard InChI is InChI=1S/C53H76N4O5/c1-31(2)45-42(59)27-53(23-24-54-29-49(5,6)56-47(60)34-11-13-36(14-12-34)57-28-32(3)55-30-57)22-18-40-37(46(45)53)15-16-44-51(40,9)21-19-43-50(7,8)35(17-20-52(43,44)10)25-41(58)38-26-39(33(38)4)48(61)62/h11-14,28,30-31,33,35,37-40,43-44,54H,15-27,29H2,1-10H3,(H,56,60)(H,61,62). The maximum Gasteiger partial charge on any atom is 0.306 e. The zero-order valence-corrected chi connectivity index (χ0v) is 39.5. The van der Waals surface area contributed by atoms with E-state index in [-0.39, 0.29) is 51.2 Å². The molecule has 338 valence electrons. The Labute approximate surface area is 371 Å². The molecule has 0 spiro atoms. The lowest BCUT2D eigenvalue weighted by atomic mass is 9.35. The number of carbonyl (C=O) groups is 4. The fraction of sp³-hybridized carbons (Fsp3) is 0.717. The highest BCUT2D eigenvalue weighted by atomic mass is 16.4. The third-order valence-electron chi connectivity index (χ3n) is 18.9. The molecule has 1 aromatic carbocycles. The fourth-order valence-electron chi connectivity index (χ4n) is 15.6. The van der Waals surface area contributed by atoms with E-state index in [1.807, 2.05) is 48.9 Å². The van der Waals surface area contributed by atoms with Gasteiger partial charge in [0.1, 0.15) is 5.78 Å². The van der Waals surface area contributed by atoms with Crippen LogP contribution in [0.5, 0.6) is 0 Å². The Hall–Kier alpha value is -3.59. The summed E-state index contributed by atoms with van der Waals surface area (Å²) in [5.41, 5.74) is 5.12. The van der Waals surface area contributed by atoms with Crippen LogP contribution in [0, 0.1) is 81.8 Å². The number of carboxylic acid groups (broad SMARTS) is 1. The summed E-state index contributed by atoms with van der Waals surface area (Å²) in [5, 5.41) is 16.5. The molecule has 5 saturated carbocycles. The molecule has 0 saturated heterocycles. The Bertz CT molecular complexity index is 2110. The van der Waals surface area contributed by atoms with E-state index in [0.717, 1.165) is 55.6 Å². The van der Waals surface area contributed by atoms with Gasteiger partial charge in [0, 0.05) is 53.7 Å². The number of rotatable bonds is 13. The third kappa shape index (κ3) is 7.55. The molecule has 0 radical (unpaired) electrons. The van der Waals surface area contributed by atoms with Crippen LogP contribution in [-0.4, -0.2) is 56.7 Å². The number of hydrogen-bond donors (Lipinski definition) is 3. The number of carboxylic acids is 1. The largest absolute Gasteiger partial charge is 0.481 e. The topological polar surface area (TPSA) is 130 Å². The van der Waals surface area contributed by atoms with E-state index in [9.17, 15) is 24.3 Å². The first-order valence-electron chi connectivity index (χ1n) is 24.3. The molecule has 11 atom stereocenters. The van der Waals surface area contributed by atoms with E-state index >= 15 is 0 Å². The number of ketones is 2. The van der Waals surface area contributed by atoms with Crippen LogP contribution in [-0.2, 0) is 14.4 Å². The maximum absolute atomic E-state index is 14.1. The molecule has 11 unspecified atom stereocenters. The van der Waals surface area contributed by atoms with E-state index in [1.165, 1.54) is 31.3 Å². The smallest absolute Gasteiger partial charge is 0.306 e. The number of amides is 1. The van der Waals surface area contributed by atoms with Crippen LogP contribution in [0.25, 0.3) is 5.69 Å². The number of aromatic nitrogens is 2. The number of imidazole rings is 1. The first kappa shape index (κ1) is 45.0. The predicted octanol–water partition coefficient (Wildman–Crippen LogP) is 10.2. The highest BCUT2D eigenvalue weighted by Gasteiger charge is 2.66. The van der Waals surface area contributed by atoms with Crippen LogP contribution in [0.2, 0.25) is 0 Å². The van der Waals surface area contributed by atoms with Gasteiger partial charge in [-0.3, -0.25) is 19.2 Å². The average Bonchev–Trinajstić information content (AvgIpc) is 3.76. The van der Waals surface area contributed by atoms with Gasteiger partial charge in [-0.15, -0.1) is 0 Å². The van der Waals surface area contributed by atoms with Crippen LogP contribution >= 0.6 is 0 Å². The first-order chi connectivity index (χ1) is 29.1. The summed E-state index contributed by atoms with van der Waals surface area (Å²) in [5.74, 6) is 2.07. The van der Waals surface area contributed by atoms with Crippen molar-refractivity contribution in [3.8, 4) is 5.69 Å². The minimum absolute atomic E-state index is 0.0451. The summed E-state index contributed by atoms with van der Waals surface area (Å²) in [6.45, 7) is 24.1. The van der Waals surface area contributed by atoms with E-state index < -0.39 is 11.5 Å². The first-order valence-corrected chi connectivity index (χ1v) is 24.3. The molecule has 0 aliphatic heterocycles. The van der Waals surface area contributed by atoms with Gasteiger partial charge >= 0.3 is 5.97 Å². The SMILES string of the molecule is Cc1cn(-c2ccc(C(=O)NC(C)(C)CNCCC34CCC5C(CCC6C5(C)CCC5C(C)(C)C(CC(=O)C7CC(C(=O)O)C7C)CCC56C)C3=C(C(C)C)C(=O)C4)cc2)cn1. The predicted molar refractivity (Wildman–Crippen MR) is 244 cm³/mol. The van der Waals surface area contributed by atoms with E-state index in [4.69, 9.17) is 0 Å². The van der Waals surface area contributed by atoms with Gasteiger partial charge in [0.15, 0.2) is 5.78 Å². The molecular formula is C53H76N4O5. The van der Waals surface area contributed by atoms with E-state index in [0.29, 0.717) is 72.5 Å². The number of hydrogen-bond acceptors (Lipinski definition) is 6. The maximum atomic E-state index is 14.1. The van der Waals surface area contributed by atoms with Crippen LogP contribution in [0.3, 0.4) is 0 Å². The molecule has 1 amide bonds. The Morgan fingerprint density at radius 3 is 2.29 bits per heavy atom. The number of nitrogens with zero attached hydrogens (tertiary/aromatic N) is 2. The highest BCUT2D eigenvalue weighted by molar-refractivity contribution is 6.00. The summed E-state index contributed by atoms with van der Waals surface area (Å²) < 4.78 is 1.95. The van der Waals surface area contributed by atoms with Crippen LogP contribution < -0.4 is 10.6 Å². The van der Waals surface area contributed by atoms with Crippen molar-refractivity contribution in [2.45, 2.75) is 152 Å². The Morgan fingerprint density at radius 1 is 0.935 bits per heavy atom. The molecule has 9 heteroatoms. The Morgan fingerprint density at radius 2 is 1.65 bits per heavy atom. The van der Waals surface area contributed by atoms with Gasteiger partial charge < -0.3 is 20.3 Å². The molecule has 1 aromatic heterocycles. The van der Waals surface area contributed by atoms with Crippen molar-refractivity contribution in [2.75, 3.05) is 13.1 Å². The second-order valence-corrected chi connectivity index (χ2v) is 23.5. The lowest BCUT2D eigenvalue weighted by Gasteiger charge is -2.69. The summed E-state index contributed by atoms with van der Waals surface area (Å²) in [7, 11) is 0. The molecule has 1 heterocycles. The quantitative estimate of drug-likeness (QED) is 0.171. The van der Waals surface area contributed by atoms with Crippen molar-refractivity contribution >= 4 is 23.4 Å². The van der Waals surface area contributed by atoms with Gasteiger partial charge in [0.25, 0.3) is 5.91 Å². The minimum Gasteiger partial charge on any atom is -0.481 e. The number of nitrogens with one attached hydrogen (secondary N) is 2. The van der Waals surface area contributed by atoms with Crippen LogP contribution in [0.15, 0.2) is 47.9 Å². The molecule has 9 nitrogen and oxygen atoms in total. The van der Waals surface area contributed by atoms with Gasteiger partial charge in [0.2, 0.25) is 0 Å². The minimum atomic E-state index is -0.758. The number of Topliss-reactive ketones (excluding diaryl/α,β-unsaturated/α-hetero) is 2. The van der Waals surface area contributed by atoms with Crippen molar-refractivity contribution in [3.05, 3.63) is 59.2 Å². The number of carbonyl (C=O) groups excluding carboxylic acids is 3. The third-order valence-corrected chi connectivity index (χ3v) is 18.9. The lowest BCUT2D eigenvalue weighted by Crippen LogP contribution is -2.62. The summed E-state index contributed by atoms with van der Waals surface area (Å²) in [4.78, 5) is 57.1. The van der Waals surface area contributed by atoms with Gasteiger partial charge in [-0.2, -0.15) is 0 Å². The molecule has 62 heavy (non-hydrogen) atoms. The molecule has 6 aliphatic rings. The molecule has 0 bridgehead atoms. The molecule has 5 fully saturated rings. The number of benzene rings is 1. The summed E-state index contributed by atoms with van der Waals surface area (Å²) in [6.07, 6.45) is 15.7. The van der Waals surface area contributed by atoms with Crippen molar-refractivity contribution in [2.24, 2.45) is 74.9 Å². The summed E-state index contributed by atoms with van der Waals surface area (Å²) in [6, 6.07) is 7.62. The summed E-state index contributed by atoms with van der Waals surface area (Å²) >= 11 is 0. The van der Waals surface area contributed by atoms with Gasteiger partial charge in [-0.1, -0.05) is 54.0 Å². The van der Waals surface area contributed by atoms with Crippen molar-refractivity contribution < 1.29 is 24.3 Å². The molecule has 2 aromatic rings. The molecule has 6 aliphatic carbocycles. The van der Waals surface area contributed by atoms with Gasteiger partial charge in [-0.05, 0) is 179 Å². The van der Waals surface area contributed by atoms with Crippen molar-refractivity contribution in [3.63, 3.8) is 0 Å². The molecular weight excluding hydrogens is 773 g/mol. The Balaban J connectivity index is 0.923. The second-order valence-electron chi connectivity index (χ2n) is 23.5. The van der Waals surface area contributed by atoms with Crippen LogP contribution in [0.1, 0.15) is 155 Å². The van der Waals surface area contributed by atoms with E-state index in [2.05, 4.69) is 71.0 Å². The number of allylic oxidation sites excluding steroid dienone is 2. The molecule has 8 rings (SSSR count). The van der Waals surface area contributed by atoms with Gasteiger partial charge in [0.05, 0.1) is 17.9 Å². The van der Waals surface area contributed by atoms with Crippen molar-refractivity contribution in [1.82, 2.24) is 20.2 Å². The number of aliphatic carboxylic acids is 1. The average molecular weight is 849 g/mol. The number of aryl methyl sites for hydroxylation is 1. The van der Waals surface area contributed by atoms with Crippen molar-refractivity contribution in [1.29, 1.82) is 0 Å².